The van der Waals surface area contributed by atoms with E-state index in [0.29, 0.717) is 13.2 Å². The summed E-state index contributed by atoms with van der Waals surface area (Å²) in [6.45, 7) is 3.19. The SMILES string of the molecule is COc1cc2c(cc1OC)CC(OCCc1scnc1C)OC2. The summed E-state index contributed by atoms with van der Waals surface area (Å²) in [5, 5.41) is 0. The lowest BCUT2D eigenvalue weighted by Gasteiger charge is -2.26. The van der Waals surface area contributed by atoms with E-state index < -0.39 is 0 Å². The van der Waals surface area contributed by atoms with E-state index in [-0.39, 0.29) is 6.29 Å². The Bertz CT molecular complexity index is 671. The summed E-state index contributed by atoms with van der Waals surface area (Å²) in [5.41, 5.74) is 5.27. The van der Waals surface area contributed by atoms with Crippen LogP contribution in [0.5, 0.6) is 11.5 Å². The Labute approximate surface area is 140 Å². The predicted molar refractivity (Wildman–Crippen MR) is 88.3 cm³/mol. The van der Waals surface area contributed by atoms with Crippen molar-refractivity contribution in [1.82, 2.24) is 4.98 Å². The Morgan fingerprint density at radius 2 is 1.96 bits per heavy atom. The lowest BCUT2D eigenvalue weighted by Crippen LogP contribution is -2.26. The van der Waals surface area contributed by atoms with Gasteiger partial charge in [-0.05, 0) is 30.2 Å². The zero-order valence-electron chi connectivity index (χ0n) is 13.6. The second kappa shape index (κ2) is 7.29. The fourth-order valence-electron chi connectivity index (χ4n) is 2.67. The summed E-state index contributed by atoms with van der Waals surface area (Å²) < 4.78 is 22.4. The fraction of sp³-hybridized carbons (Fsp3) is 0.471. The molecule has 0 bridgehead atoms. The van der Waals surface area contributed by atoms with E-state index in [4.69, 9.17) is 18.9 Å². The van der Waals surface area contributed by atoms with Crippen LogP contribution < -0.4 is 9.47 Å². The van der Waals surface area contributed by atoms with Gasteiger partial charge in [0.1, 0.15) is 0 Å². The second-order valence-corrected chi connectivity index (χ2v) is 6.34. The molecule has 23 heavy (non-hydrogen) atoms. The van der Waals surface area contributed by atoms with Crippen molar-refractivity contribution in [2.75, 3.05) is 20.8 Å². The summed E-state index contributed by atoms with van der Waals surface area (Å²) >= 11 is 1.67. The van der Waals surface area contributed by atoms with Gasteiger partial charge in [0.15, 0.2) is 17.8 Å². The summed E-state index contributed by atoms with van der Waals surface area (Å²) in [6, 6.07) is 3.99. The highest BCUT2D eigenvalue weighted by molar-refractivity contribution is 7.09. The monoisotopic (exact) mass is 335 g/mol. The van der Waals surface area contributed by atoms with Crippen LogP contribution in [-0.2, 0) is 28.9 Å². The number of benzene rings is 1. The van der Waals surface area contributed by atoms with Gasteiger partial charge >= 0.3 is 0 Å². The van der Waals surface area contributed by atoms with E-state index in [2.05, 4.69) is 4.98 Å². The van der Waals surface area contributed by atoms with Gasteiger partial charge in [0.05, 0.1) is 38.6 Å². The molecule has 0 aliphatic carbocycles. The third kappa shape index (κ3) is 3.65. The lowest BCUT2D eigenvalue weighted by atomic mass is 10.0. The van der Waals surface area contributed by atoms with Gasteiger partial charge in [0.2, 0.25) is 0 Å². The Hall–Kier alpha value is -1.63. The average Bonchev–Trinajstić information content (AvgIpc) is 2.98. The van der Waals surface area contributed by atoms with Gasteiger partial charge in [-0.2, -0.15) is 0 Å². The maximum Gasteiger partial charge on any atom is 0.162 e. The van der Waals surface area contributed by atoms with Gasteiger partial charge in [-0.15, -0.1) is 11.3 Å². The number of hydrogen-bond acceptors (Lipinski definition) is 6. The van der Waals surface area contributed by atoms with Crippen molar-refractivity contribution in [2.45, 2.75) is 32.7 Å². The van der Waals surface area contributed by atoms with Crippen LogP contribution in [0, 0.1) is 6.92 Å². The Morgan fingerprint density at radius 3 is 2.61 bits per heavy atom. The molecule has 0 saturated carbocycles. The fourth-order valence-corrected chi connectivity index (χ4v) is 3.43. The minimum absolute atomic E-state index is 0.214. The maximum atomic E-state index is 5.88. The Balaban J connectivity index is 1.60. The molecule has 0 fully saturated rings. The van der Waals surface area contributed by atoms with Crippen molar-refractivity contribution in [2.24, 2.45) is 0 Å². The number of methoxy groups -OCH3 is 2. The molecule has 5 nitrogen and oxygen atoms in total. The first-order chi connectivity index (χ1) is 11.2. The number of aryl methyl sites for hydroxylation is 1. The van der Waals surface area contributed by atoms with Gasteiger partial charge in [0.25, 0.3) is 0 Å². The normalized spacial score (nSPS) is 16.9. The molecule has 0 amide bonds. The van der Waals surface area contributed by atoms with Gasteiger partial charge in [-0.3, -0.25) is 0 Å². The molecule has 124 valence electrons. The number of ether oxygens (including phenoxy) is 4. The van der Waals surface area contributed by atoms with E-state index >= 15 is 0 Å². The van der Waals surface area contributed by atoms with Crippen LogP contribution in [0.4, 0.5) is 0 Å². The third-order valence-corrected chi connectivity index (χ3v) is 4.99. The van der Waals surface area contributed by atoms with Crippen molar-refractivity contribution in [3.63, 3.8) is 0 Å². The van der Waals surface area contributed by atoms with Crippen molar-refractivity contribution in [3.8, 4) is 11.5 Å². The molecule has 2 heterocycles. The van der Waals surface area contributed by atoms with Gasteiger partial charge in [0, 0.05) is 17.7 Å². The first-order valence-electron chi connectivity index (χ1n) is 7.57. The zero-order chi connectivity index (χ0) is 16.2. The molecule has 1 unspecified atom stereocenters. The molecule has 2 aromatic rings. The lowest BCUT2D eigenvalue weighted by molar-refractivity contribution is -0.154. The topological polar surface area (TPSA) is 49.8 Å². The number of aromatic nitrogens is 1. The molecule has 0 saturated heterocycles. The third-order valence-electron chi connectivity index (χ3n) is 3.99. The quantitative estimate of drug-likeness (QED) is 0.812. The standard InChI is InChI=1S/C17H21NO4S/c1-11-16(23-10-18-11)4-5-21-17-8-12-6-14(19-2)15(20-3)7-13(12)9-22-17/h6-7,10,17H,4-5,8-9H2,1-3H3. The first kappa shape index (κ1) is 16.2. The minimum Gasteiger partial charge on any atom is -0.493 e. The Morgan fingerprint density at radius 1 is 1.22 bits per heavy atom. The van der Waals surface area contributed by atoms with Crippen LogP contribution in [0.3, 0.4) is 0 Å². The largest absolute Gasteiger partial charge is 0.493 e. The van der Waals surface area contributed by atoms with Gasteiger partial charge in [-0.25, -0.2) is 4.98 Å². The summed E-state index contributed by atoms with van der Waals surface area (Å²) in [5.74, 6) is 1.47. The highest BCUT2D eigenvalue weighted by atomic mass is 32.1. The highest BCUT2D eigenvalue weighted by Gasteiger charge is 2.22. The average molecular weight is 335 g/mol. The molecule has 1 aliphatic heterocycles. The number of fused-ring (bicyclic) bond motifs is 1. The van der Waals surface area contributed by atoms with Crippen LogP contribution in [-0.4, -0.2) is 32.1 Å². The number of nitrogens with zero attached hydrogens (tertiary/aromatic N) is 1. The van der Waals surface area contributed by atoms with Crippen molar-refractivity contribution < 1.29 is 18.9 Å². The van der Waals surface area contributed by atoms with Crippen molar-refractivity contribution in [3.05, 3.63) is 39.3 Å². The number of thiazole rings is 1. The molecule has 6 heteroatoms. The Kier molecular flexibility index (Phi) is 5.15. The molecule has 1 aromatic carbocycles. The summed E-state index contributed by atoms with van der Waals surface area (Å²) in [4.78, 5) is 5.52. The molecule has 0 N–H and O–H groups in total. The maximum absolute atomic E-state index is 5.88. The minimum atomic E-state index is -0.214. The van der Waals surface area contributed by atoms with Crippen LogP contribution in [0.15, 0.2) is 17.6 Å². The smallest absolute Gasteiger partial charge is 0.162 e. The van der Waals surface area contributed by atoms with Gasteiger partial charge in [-0.1, -0.05) is 0 Å². The van der Waals surface area contributed by atoms with E-state index in [1.165, 1.54) is 10.4 Å². The molecule has 3 rings (SSSR count). The van der Waals surface area contributed by atoms with Crippen molar-refractivity contribution in [1.29, 1.82) is 0 Å². The van der Waals surface area contributed by atoms with E-state index in [9.17, 15) is 0 Å². The molecule has 1 aromatic heterocycles. The summed E-state index contributed by atoms with van der Waals surface area (Å²) in [6.07, 6.45) is 1.38. The van der Waals surface area contributed by atoms with Crippen LogP contribution in [0.2, 0.25) is 0 Å². The number of hydrogen-bond donors (Lipinski definition) is 0. The van der Waals surface area contributed by atoms with E-state index in [1.807, 2.05) is 24.6 Å². The van der Waals surface area contributed by atoms with Gasteiger partial charge < -0.3 is 18.9 Å². The first-order valence-corrected chi connectivity index (χ1v) is 8.45. The van der Waals surface area contributed by atoms with Crippen molar-refractivity contribution >= 4 is 11.3 Å². The van der Waals surface area contributed by atoms with Crippen LogP contribution >= 0.6 is 11.3 Å². The van der Waals surface area contributed by atoms with Crippen LogP contribution in [0.25, 0.3) is 0 Å². The van der Waals surface area contributed by atoms with E-state index in [0.717, 1.165) is 35.6 Å². The zero-order valence-corrected chi connectivity index (χ0v) is 14.4. The predicted octanol–water partition coefficient (Wildman–Crippen LogP) is 3.13. The second-order valence-electron chi connectivity index (χ2n) is 5.40. The molecule has 1 aliphatic rings. The molecule has 1 atom stereocenters. The molecule has 0 spiro atoms. The molecular weight excluding hydrogens is 314 g/mol. The highest BCUT2D eigenvalue weighted by Crippen LogP contribution is 2.34. The van der Waals surface area contributed by atoms with E-state index in [1.54, 1.807) is 25.6 Å². The molecule has 0 radical (unpaired) electrons. The van der Waals surface area contributed by atoms with Crippen LogP contribution in [0.1, 0.15) is 21.7 Å². The number of rotatable bonds is 6. The molecular formula is C17H21NO4S. The summed E-state index contributed by atoms with van der Waals surface area (Å²) in [7, 11) is 3.29.